The quantitative estimate of drug-likeness (QED) is 0.209. The molecule has 1 aromatic heterocycles. The third-order valence-electron chi connectivity index (χ3n) is 4.59. The maximum atomic E-state index is 5.55. The van der Waals surface area contributed by atoms with Crippen LogP contribution >= 0.6 is 24.0 Å². The van der Waals surface area contributed by atoms with Crippen molar-refractivity contribution in [2.24, 2.45) is 4.99 Å². The number of rotatable bonds is 8. The van der Waals surface area contributed by atoms with E-state index in [9.17, 15) is 0 Å². The molecule has 0 spiro atoms. The van der Waals surface area contributed by atoms with Crippen LogP contribution in [0.15, 0.2) is 53.5 Å². The predicted octanol–water partition coefficient (Wildman–Crippen LogP) is 4.12. The van der Waals surface area contributed by atoms with Crippen molar-refractivity contribution < 1.29 is 4.74 Å². The second-order valence-corrected chi connectivity index (χ2v) is 6.59. The van der Waals surface area contributed by atoms with Crippen LogP contribution in [0, 0.1) is 6.92 Å². The summed E-state index contributed by atoms with van der Waals surface area (Å²) < 4.78 is 7.82. The third-order valence-corrected chi connectivity index (χ3v) is 4.59. The number of hydrogen-bond donors (Lipinski definition) is 2. The third kappa shape index (κ3) is 6.35. The molecule has 6 nitrogen and oxygen atoms in total. The highest BCUT2D eigenvalue weighted by molar-refractivity contribution is 14.0. The van der Waals surface area contributed by atoms with Gasteiger partial charge in [0.2, 0.25) is 0 Å². The minimum absolute atomic E-state index is 0. The number of fused-ring (bicyclic) bond motifs is 1. The molecular weight excluding hydrogens is 477 g/mol. The molecule has 0 amide bonds. The molecule has 29 heavy (non-hydrogen) atoms. The highest BCUT2D eigenvalue weighted by atomic mass is 127. The van der Waals surface area contributed by atoms with Gasteiger partial charge in [-0.3, -0.25) is 4.99 Å². The standard InChI is InChI=1S/C22H29N5O.HI/c1-4-28-19-10-7-9-18(15-19)16-25-22(23-3)24-13-8-14-27-17(2)26-20-11-5-6-12-21(20)27;/h5-7,9-12,15H,4,8,13-14,16H2,1-3H3,(H2,23,24,25);1H. The van der Waals surface area contributed by atoms with Gasteiger partial charge in [0.05, 0.1) is 17.6 Å². The molecule has 0 saturated carbocycles. The number of aromatic nitrogens is 2. The van der Waals surface area contributed by atoms with Gasteiger partial charge in [0.1, 0.15) is 11.6 Å². The van der Waals surface area contributed by atoms with Crippen LogP contribution in [0.4, 0.5) is 0 Å². The number of benzene rings is 2. The van der Waals surface area contributed by atoms with Crippen LogP contribution in [0.2, 0.25) is 0 Å². The molecule has 0 bridgehead atoms. The Balaban J connectivity index is 0.00000300. The van der Waals surface area contributed by atoms with E-state index in [0.717, 1.165) is 48.1 Å². The fourth-order valence-electron chi connectivity index (χ4n) is 3.24. The summed E-state index contributed by atoms with van der Waals surface area (Å²) in [6.45, 7) is 7.18. The second kappa shape index (κ2) is 11.6. The summed E-state index contributed by atoms with van der Waals surface area (Å²) in [5, 5.41) is 6.74. The van der Waals surface area contributed by atoms with E-state index in [-0.39, 0.29) is 24.0 Å². The molecule has 2 N–H and O–H groups in total. The lowest BCUT2D eigenvalue weighted by atomic mass is 10.2. The van der Waals surface area contributed by atoms with Gasteiger partial charge in [-0.2, -0.15) is 0 Å². The number of aliphatic imine (C=N–C) groups is 1. The molecule has 3 aromatic rings. The summed E-state index contributed by atoms with van der Waals surface area (Å²) in [5.41, 5.74) is 3.41. The number of imidazole rings is 1. The Kier molecular flexibility index (Phi) is 9.24. The van der Waals surface area contributed by atoms with Crippen molar-refractivity contribution in [2.45, 2.75) is 33.4 Å². The number of guanidine groups is 1. The van der Waals surface area contributed by atoms with E-state index in [4.69, 9.17) is 4.74 Å². The van der Waals surface area contributed by atoms with Gasteiger partial charge >= 0.3 is 0 Å². The van der Waals surface area contributed by atoms with E-state index >= 15 is 0 Å². The second-order valence-electron chi connectivity index (χ2n) is 6.59. The largest absolute Gasteiger partial charge is 0.494 e. The summed E-state index contributed by atoms with van der Waals surface area (Å²) in [7, 11) is 1.79. The lowest BCUT2D eigenvalue weighted by molar-refractivity contribution is 0.340. The first-order valence-electron chi connectivity index (χ1n) is 9.79. The molecule has 3 rings (SSSR count). The maximum absolute atomic E-state index is 5.55. The van der Waals surface area contributed by atoms with Gasteiger partial charge in [0.25, 0.3) is 0 Å². The van der Waals surface area contributed by atoms with E-state index in [1.54, 1.807) is 7.05 Å². The number of aryl methyl sites for hydroxylation is 2. The van der Waals surface area contributed by atoms with Crippen LogP contribution < -0.4 is 15.4 Å². The van der Waals surface area contributed by atoms with Crippen molar-refractivity contribution >= 4 is 41.0 Å². The van der Waals surface area contributed by atoms with Crippen molar-refractivity contribution in [1.82, 2.24) is 20.2 Å². The van der Waals surface area contributed by atoms with Crippen LogP contribution in [-0.4, -0.2) is 35.7 Å². The zero-order valence-electron chi connectivity index (χ0n) is 17.3. The number of para-hydroxylation sites is 2. The van der Waals surface area contributed by atoms with E-state index in [1.165, 1.54) is 5.52 Å². The van der Waals surface area contributed by atoms with Gasteiger partial charge in [-0.1, -0.05) is 24.3 Å². The van der Waals surface area contributed by atoms with Gasteiger partial charge < -0.3 is 19.9 Å². The lowest BCUT2D eigenvalue weighted by Crippen LogP contribution is -2.37. The first-order valence-corrected chi connectivity index (χ1v) is 9.79. The fourth-order valence-corrected chi connectivity index (χ4v) is 3.24. The minimum atomic E-state index is 0. The first-order chi connectivity index (χ1) is 13.7. The summed E-state index contributed by atoms with van der Waals surface area (Å²) in [5.74, 6) is 2.75. The first kappa shape index (κ1) is 23.0. The Morgan fingerprint density at radius 3 is 2.76 bits per heavy atom. The van der Waals surface area contributed by atoms with E-state index in [2.05, 4.69) is 62.4 Å². The highest BCUT2D eigenvalue weighted by Gasteiger charge is 2.06. The van der Waals surface area contributed by atoms with Gasteiger partial charge in [-0.15, -0.1) is 24.0 Å². The number of nitrogens with one attached hydrogen (secondary N) is 2. The molecule has 0 aliphatic heterocycles. The maximum Gasteiger partial charge on any atom is 0.191 e. The molecule has 0 unspecified atom stereocenters. The summed E-state index contributed by atoms with van der Waals surface area (Å²) in [6.07, 6.45) is 0.988. The molecule has 7 heteroatoms. The lowest BCUT2D eigenvalue weighted by Gasteiger charge is -2.13. The van der Waals surface area contributed by atoms with Gasteiger partial charge in [-0.05, 0) is 50.1 Å². The van der Waals surface area contributed by atoms with Crippen LogP contribution in [0.25, 0.3) is 11.0 Å². The van der Waals surface area contributed by atoms with Crippen molar-refractivity contribution in [1.29, 1.82) is 0 Å². The number of ether oxygens (including phenoxy) is 1. The fraction of sp³-hybridized carbons (Fsp3) is 0.364. The topological polar surface area (TPSA) is 63.5 Å². The average Bonchev–Trinajstić information content (AvgIpc) is 3.03. The minimum Gasteiger partial charge on any atom is -0.494 e. The number of nitrogens with zero attached hydrogens (tertiary/aromatic N) is 3. The molecule has 1 heterocycles. The molecule has 0 aliphatic rings. The highest BCUT2D eigenvalue weighted by Crippen LogP contribution is 2.15. The molecule has 0 saturated heterocycles. The molecule has 0 atom stereocenters. The van der Waals surface area contributed by atoms with Crippen molar-refractivity contribution in [2.75, 3.05) is 20.2 Å². The van der Waals surface area contributed by atoms with Crippen LogP contribution in [0.5, 0.6) is 5.75 Å². The summed E-state index contributed by atoms with van der Waals surface area (Å²) in [4.78, 5) is 8.93. The Labute approximate surface area is 189 Å². The predicted molar refractivity (Wildman–Crippen MR) is 130 cm³/mol. The number of halogens is 1. The Morgan fingerprint density at radius 2 is 1.97 bits per heavy atom. The average molecular weight is 507 g/mol. The number of hydrogen-bond acceptors (Lipinski definition) is 3. The Morgan fingerprint density at radius 1 is 1.14 bits per heavy atom. The van der Waals surface area contributed by atoms with Crippen molar-refractivity contribution in [3.05, 3.63) is 59.9 Å². The molecule has 0 radical (unpaired) electrons. The molecule has 156 valence electrons. The summed E-state index contributed by atoms with van der Waals surface area (Å²) >= 11 is 0. The van der Waals surface area contributed by atoms with E-state index in [1.807, 2.05) is 25.1 Å². The zero-order valence-corrected chi connectivity index (χ0v) is 19.6. The van der Waals surface area contributed by atoms with Crippen molar-refractivity contribution in [3.63, 3.8) is 0 Å². The molecular formula is C22H30IN5O. The van der Waals surface area contributed by atoms with Crippen LogP contribution in [0.1, 0.15) is 24.7 Å². The zero-order chi connectivity index (χ0) is 19.8. The van der Waals surface area contributed by atoms with E-state index in [0.29, 0.717) is 13.2 Å². The van der Waals surface area contributed by atoms with Gasteiger partial charge in [0, 0.05) is 26.7 Å². The molecule has 0 aliphatic carbocycles. The molecule has 0 fully saturated rings. The monoisotopic (exact) mass is 507 g/mol. The van der Waals surface area contributed by atoms with Gasteiger partial charge in [0.15, 0.2) is 5.96 Å². The normalized spacial score (nSPS) is 11.2. The summed E-state index contributed by atoms with van der Waals surface area (Å²) in [6, 6.07) is 16.4. The van der Waals surface area contributed by atoms with Crippen LogP contribution in [0.3, 0.4) is 0 Å². The van der Waals surface area contributed by atoms with E-state index < -0.39 is 0 Å². The SMILES string of the molecule is CCOc1cccc(CNC(=NC)NCCCn2c(C)nc3ccccc32)c1.I. The Hall–Kier alpha value is -2.29. The van der Waals surface area contributed by atoms with Crippen molar-refractivity contribution in [3.8, 4) is 5.75 Å². The Bertz CT molecular complexity index is 938. The van der Waals surface area contributed by atoms with Gasteiger partial charge in [-0.25, -0.2) is 4.98 Å². The molecule has 2 aromatic carbocycles. The smallest absolute Gasteiger partial charge is 0.191 e. The van der Waals surface area contributed by atoms with Crippen LogP contribution in [-0.2, 0) is 13.1 Å².